The molecule has 108 valence electrons. The van der Waals surface area contributed by atoms with Crippen molar-refractivity contribution in [2.45, 2.75) is 13.0 Å². The van der Waals surface area contributed by atoms with Crippen molar-refractivity contribution in [3.8, 4) is 0 Å². The summed E-state index contributed by atoms with van der Waals surface area (Å²) in [7, 11) is 0. The summed E-state index contributed by atoms with van der Waals surface area (Å²) in [6.07, 6.45) is 1.44. The molecule has 0 aliphatic rings. The zero-order valence-electron chi connectivity index (χ0n) is 11.2. The van der Waals surface area contributed by atoms with Crippen LogP contribution in [0.4, 0.5) is 11.5 Å². The van der Waals surface area contributed by atoms with E-state index in [2.05, 4.69) is 10.3 Å². The van der Waals surface area contributed by atoms with Crippen LogP contribution in [-0.2, 0) is 17.8 Å². The van der Waals surface area contributed by atoms with Gasteiger partial charge in [0.2, 0.25) is 5.91 Å². The first-order chi connectivity index (χ1) is 10.1. The highest BCUT2D eigenvalue weighted by Gasteiger charge is 2.16. The van der Waals surface area contributed by atoms with Gasteiger partial charge < -0.3 is 11.1 Å². The molecule has 2 rings (SSSR count). The molecule has 7 nitrogen and oxygen atoms in total. The van der Waals surface area contributed by atoms with Gasteiger partial charge in [-0.15, -0.1) is 0 Å². The maximum absolute atomic E-state index is 12.0. The van der Waals surface area contributed by atoms with Crippen LogP contribution in [-0.4, -0.2) is 15.8 Å². The molecule has 0 aliphatic carbocycles. The number of anilines is 1. The molecule has 0 bridgehead atoms. The quantitative estimate of drug-likeness (QED) is 0.641. The van der Waals surface area contributed by atoms with Gasteiger partial charge in [-0.3, -0.25) is 14.9 Å². The number of carbonyl (C=O) groups is 1. The van der Waals surface area contributed by atoms with Crippen LogP contribution in [0.25, 0.3) is 0 Å². The number of nitro benzene ring substituents is 1. The molecular weight excluding hydrogens is 272 g/mol. The summed E-state index contributed by atoms with van der Waals surface area (Å²) < 4.78 is 0. The van der Waals surface area contributed by atoms with E-state index in [1.54, 1.807) is 36.5 Å². The zero-order valence-corrected chi connectivity index (χ0v) is 11.2. The van der Waals surface area contributed by atoms with Crippen LogP contribution in [0.5, 0.6) is 0 Å². The zero-order chi connectivity index (χ0) is 15.2. The lowest BCUT2D eigenvalue weighted by atomic mass is 10.1. The smallest absolute Gasteiger partial charge is 0.273 e. The highest BCUT2D eigenvalue weighted by molar-refractivity contribution is 5.92. The number of rotatable bonds is 5. The second-order valence-electron chi connectivity index (χ2n) is 4.33. The molecule has 0 radical (unpaired) electrons. The lowest BCUT2D eigenvalue weighted by Gasteiger charge is -2.08. The second kappa shape index (κ2) is 6.58. The Morgan fingerprint density at radius 3 is 2.67 bits per heavy atom. The fraction of sp³-hybridized carbons (Fsp3) is 0.143. The third-order valence-corrected chi connectivity index (χ3v) is 2.91. The Kier molecular flexibility index (Phi) is 4.57. The van der Waals surface area contributed by atoms with Crippen molar-refractivity contribution in [1.82, 2.24) is 4.98 Å². The molecule has 0 spiro atoms. The van der Waals surface area contributed by atoms with Gasteiger partial charge in [0.1, 0.15) is 5.82 Å². The fourth-order valence-corrected chi connectivity index (χ4v) is 1.90. The number of benzene rings is 1. The fourth-order valence-electron chi connectivity index (χ4n) is 1.90. The monoisotopic (exact) mass is 286 g/mol. The molecule has 2 aromatic rings. The number of hydrogen-bond donors (Lipinski definition) is 2. The second-order valence-corrected chi connectivity index (χ2v) is 4.33. The summed E-state index contributed by atoms with van der Waals surface area (Å²) in [6, 6.07) is 9.62. The van der Waals surface area contributed by atoms with E-state index in [4.69, 9.17) is 5.73 Å². The summed E-state index contributed by atoms with van der Waals surface area (Å²) in [6.45, 7) is 0.245. The number of para-hydroxylation sites is 1. The average Bonchev–Trinajstić information content (AvgIpc) is 2.48. The van der Waals surface area contributed by atoms with Gasteiger partial charge >= 0.3 is 0 Å². The Labute approximate surface area is 121 Å². The SMILES string of the molecule is NCc1cccnc1NC(=O)Cc1ccccc1[N+](=O)[O-]. The van der Waals surface area contributed by atoms with Crippen molar-refractivity contribution < 1.29 is 9.72 Å². The molecule has 1 amide bonds. The highest BCUT2D eigenvalue weighted by Crippen LogP contribution is 2.19. The molecule has 0 saturated heterocycles. The number of nitrogens with zero attached hydrogens (tertiary/aromatic N) is 2. The summed E-state index contributed by atoms with van der Waals surface area (Å²) >= 11 is 0. The Morgan fingerprint density at radius 1 is 1.24 bits per heavy atom. The van der Waals surface area contributed by atoms with Crippen molar-refractivity contribution in [2.75, 3.05) is 5.32 Å². The van der Waals surface area contributed by atoms with Crippen LogP contribution in [0.3, 0.4) is 0 Å². The summed E-state index contributed by atoms with van der Waals surface area (Å²) in [5, 5.41) is 13.5. The van der Waals surface area contributed by atoms with Gasteiger partial charge in [-0.1, -0.05) is 24.3 Å². The third kappa shape index (κ3) is 3.61. The van der Waals surface area contributed by atoms with Gasteiger partial charge in [0.05, 0.1) is 11.3 Å². The summed E-state index contributed by atoms with van der Waals surface area (Å²) in [4.78, 5) is 26.5. The van der Waals surface area contributed by atoms with E-state index < -0.39 is 4.92 Å². The van der Waals surface area contributed by atoms with E-state index >= 15 is 0 Å². The van der Waals surface area contributed by atoms with Crippen LogP contribution >= 0.6 is 0 Å². The van der Waals surface area contributed by atoms with E-state index in [-0.39, 0.29) is 24.6 Å². The number of carbonyl (C=O) groups excluding carboxylic acids is 1. The molecule has 0 aliphatic heterocycles. The number of amides is 1. The largest absolute Gasteiger partial charge is 0.326 e. The highest BCUT2D eigenvalue weighted by atomic mass is 16.6. The summed E-state index contributed by atoms with van der Waals surface area (Å²) in [5.41, 5.74) is 6.54. The molecular formula is C14H14N4O3. The molecule has 0 fully saturated rings. The number of aromatic nitrogens is 1. The van der Waals surface area contributed by atoms with E-state index in [9.17, 15) is 14.9 Å². The number of nitrogens with one attached hydrogen (secondary N) is 1. The average molecular weight is 286 g/mol. The minimum Gasteiger partial charge on any atom is -0.326 e. The maximum atomic E-state index is 12.0. The first-order valence-corrected chi connectivity index (χ1v) is 6.28. The van der Waals surface area contributed by atoms with Gasteiger partial charge in [0.15, 0.2) is 0 Å². The Hall–Kier alpha value is -2.80. The minimum atomic E-state index is -0.505. The number of pyridine rings is 1. The van der Waals surface area contributed by atoms with Crippen molar-refractivity contribution in [1.29, 1.82) is 0 Å². The number of nitro groups is 1. The molecule has 7 heteroatoms. The predicted octanol–water partition coefficient (Wildman–Crippen LogP) is 1.63. The van der Waals surface area contributed by atoms with Crippen molar-refractivity contribution in [2.24, 2.45) is 5.73 Å². The van der Waals surface area contributed by atoms with Crippen LogP contribution in [0, 0.1) is 10.1 Å². The molecule has 0 atom stereocenters. The maximum Gasteiger partial charge on any atom is 0.273 e. The van der Waals surface area contributed by atoms with Crippen molar-refractivity contribution in [3.63, 3.8) is 0 Å². The first-order valence-electron chi connectivity index (χ1n) is 6.28. The minimum absolute atomic E-state index is 0.0762. The molecule has 0 unspecified atom stereocenters. The lowest BCUT2D eigenvalue weighted by Crippen LogP contribution is -2.18. The molecule has 0 saturated carbocycles. The standard InChI is InChI=1S/C14H14N4O3/c15-9-11-5-3-7-16-14(11)17-13(19)8-10-4-1-2-6-12(10)18(20)21/h1-7H,8-9,15H2,(H,16,17,19). The van der Waals surface area contributed by atoms with Crippen LogP contribution in [0.1, 0.15) is 11.1 Å². The van der Waals surface area contributed by atoms with Crippen LogP contribution in [0.2, 0.25) is 0 Å². The van der Waals surface area contributed by atoms with Gasteiger partial charge in [-0.2, -0.15) is 0 Å². The van der Waals surface area contributed by atoms with Crippen LogP contribution < -0.4 is 11.1 Å². The Balaban J connectivity index is 2.14. The van der Waals surface area contributed by atoms with Crippen LogP contribution in [0.15, 0.2) is 42.6 Å². The third-order valence-electron chi connectivity index (χ3n) is 2.91. The molecule has 3 N–H and O–H groups in total. The normalized spacial score (nSPS) is 10.1. The van der Waals surface area contributed by atoms with E-state index in [0.717, 1.165) is 0 Å². The molecule has 21 heavy (non-hydrogen) atoms. The molecule has 1 heterocycles. The van der Waals surface area contributed by atoms with Gasteiger partial charge in [-0.05, 0) is 6.07 Å². The van der Waals surface area contributed by atoms with Crippen molar-refractivity contribution in [3.05, 3.63) is 63.8 Å². The van der Waals surface area contributed by atoms with Gasteiger partial charge in [0, 0.05) is 29.9 Å². The Bertz CT molecular complexity index is 673. The summed E-state index contributed by atoms with van der Waals surface area (Å²) in [5.74, 6) is 0.00119. The topological polar surface area (TPSA) is 111 Å². The molecule has 1 aromatic carbocycles. The van der Waals surface area contributed by atoms with E-state index in [1.807, 2.05) is 0 Å². The van der Waals surface area contributed by atoms with Gasteiger partial charge in [-0.25, -0.2) is 4.98 Å². The first kappa shape index (κ1) is 14.6. The number of nitrogens with two attached hydrogens (primary N) is 1. The van der Waals surface area contributed by atoms with E-state index in [1.165, 1.54) is 6.07 Å². The van der Waals surface area contributed by atoms with E-state index in [0.29, 0.717) is 16.9 Å². The van der Waals surface area contributed by atoms with Gasteiger partial charge in [0.25, 0.3) is 5.69 Å². The lowest BCUT2D eigenvalue weighted by molar-refractivity contribution is -0.385. The number of hydrogen-bond acceptors (Lipinski definition) is 5. The molecule has 1 aromatic heterocycles. The Morgan fingerprint density at radius 2 is 1.95 bits per heavy atom. The van der Waals surface area contributed by atoms with Crippen molar-refractivity contribution >= 4 is 17.4 Å². The predicted molar refractivity (Wildman–Crippen MR) is 77.6 cm³/mol.